The molecule has 0 amide bonds. The number of aryl methyl sites for hydroxylation is 2. The van der Waals surface area contributed by atoms with E-state index in [1.54, 1.807) is 7.11 Å². The number of aromatic nitrogens is 4. The van der Waals surface area contributed by atoms with Crippen molar-refractivity contribution in [1.29, 1.82) is 0 Å². The van der Waals surface area contributed by atoms with E-state index in [2.05, 4.69) is 25.3 Å². The zero-order chi connectivity index (χ0) is 13.1. The van der Waals surface area contributed by atoms with E-state index in [9.17, 15) is 0 Å². The standard InChI is InChI=1S/C11H14ClN5O/c1-6-7(2)15-10-8(14-6)9(13-4-5-18-3)16-11(12)17-10/h4-5H2,1-3H3,(H,13,15,16,17). The molecule has 2 aromatic heterocycles. The van der Waals surface area contributed by atoms with E-state index in [1.807, 2.05) is 13.8 Å². The lowest BCUT2D eigenvalue weighted by molar-refractivity contribution is 0.210. The van der Waals surface area contributed by atoms with Gasteiger partial charge < -0.3 is 10.1 Å². The van der Waals surface area contributed by atoms with Crippen LogP contribution < -0.4 is 5.32 Å². The first-order valence-corrected chi connectivity index (χ1v) is 5.91. The molecule has 0 bridgehead atoms. The molecule has 0 saturated heterocycles. The van der Waals surface area contributed by atoms with E-state index in [1.165, 1.54) is 0 Å². The van der Waals surface area contributed by atoms with E-state index in [-0.39, 0.29) is 5.28 Å². The van der Waals surface area contributed by atoms with Gasteiger partial charge in [0, 0.05) is 13.7 Å². The molecule has 6 nitrogen and oxygen atoms in total. The van der Waals surface area contributed by atoms with Crippen LogP contribution in [0.2, 0.25) is 5.28 Å². The van der Waals surface area contributed by atoms with Crippen LogP contribution in [0.5, 0.6) is 0 Å². The van der Waals surface area contributed by atoms with Crippen LogP contribution in [0.4, 0.5) is 5.82 Å². The molecule has 0 aromatic carbocycles. The number of ether oxygens (including phenoxy) is 1. The maximum absolute atomic E-state index is 5.87. The summed E-state index contributed by atoms with van der Waals surface area (Å²) in [6.07, 6.45) is 0. The van der Waals surface area contributed by atoms with Crippen molar-refractivity contribution >= 4 is 28.6 Å². The number of nitrogens with zero attached hydrogens (tertiary/aromatic N) is 4. The highest BCUT2D eigenvalue weighted by Gasteiger charge is 2.10. The summed E-state index contributed by atoms with van der Waals surface area (Å²) in [4.78, 5) is 17.0. The van der Waals surface area contributed by atoms with Gasteiger partial charge in [0.25, 0.3) is 0 Å². The van der Waals surface area contributed by atoms with E-state index in [0.29, 0.717) is 30.1 Å². The second-order valence-electron chi connectivity index (χ2n) is 3.83. The lowest BCUT2D eigenvalue weighted by Gasteiger charge is -2.08. The van der Waals surface area contributed by atoms with E-state index >= 15 is 0 Å². The first-order valence-electron chi connectivity index (χ1n) is 5.53. The van der Waals surface area contributed by atoms with Crippen LogP contribution in [0.15, 0.2) is 0 Å². The SMILES string of the molecule is COCCNc1nc(Cl)nc2nc(C)c(C)nc12. The highest BCUT2D eigenvalue weighted by Crippen LogP contribution is 2.19. The van der Waals surface area contributed by atoms with Crippen molar-refractivity contribution in [1.82, 2.24) is 19.9 Å². The zero-order valence-corrected chi connectivity index (χ0v) is 11.2. The van der Waals surface area contributed by atoms with Gasteiger partial charge in [0.15, 0.2) is 17.0 Å². The highest BCUT2D eigenvalue weighted by atomic mass is 35.5. The minimum absolute atomic E-state index is 0.153. The number of rotatable bonds is 4. The fraction of sp³-hybridized carbons (Fsp3) is 0.455. The summed E-state index contributed by atoms with van der Waals surface area (Å²) < 4.78 is 4.97. The Morgan fingerprint density at radius 3 is 2.56 bits per heavy atom. The smallest absolute Gasteiger partial charge is 0.226 e. The Morgan fingerprint density at radius 1 is 1.11 bits per heavy atom. The summed E-state index contributed by atoms with van der Waals surface area (Å²) in [6.45, 7) is 4.97. The van der Waals surface area contributed by atoms with Crippen molar-refractivity contribution in [3.63, 3.8) is 0 Å². The number of fused-ring (bicyclic) bond motifs is 1. The summed E-state index contributed by atoms with van der Waals surface area (Å²) in [6, 6.07) is 0. The quantitative estimate of drug-likeness (QED) is 0.672. The largest absolute Gasteiger partial charge is 0.383 e. The summed E-state index contributed by atoms with van der Waals surface area (Å²) in [5.41, 5.74) is 2.81. The summed E-state index contributed by atoms with van der Waals surface area (Å²) >= 11 is 5.87. The van der Waals surface area contributed by atoms with Crippen molar-refractivity contribution in [2.75, 3.05) is 25.6 Å². The normalized spacial score (nSPS) is 10.9. The number of anilines is 1. The van der Waals surface area contributed by atoms with Gasteiger partial charge in [-0.2, -0.15) is 9.97 Å². The maximum Gasteiger partial charge on any atom is 0.226 e. The average Bonchev–Trinajstić information content (AvgIpc) is 2.32. The van der Waals surface area contributed by atoms with Gasteiger partial charge in [-0.3, -0.25) is 0 Å². The third-order valence-corrected chi connectivity index (χ3v) is 2.68. The van der Waals surface area contributed by atoms with Gasteiger partial charge in [-0.05, 0) is 25.4 Å². The van der Waals surface area contributed by atoms with Crippen molar-refractivity contribution in [2.45, 2.75) is 13.8 Å². The molecule has 18 heavy (non-hydrogen) atoms. The van der Waals surface area contributed by atoms with Crippen LogP contribution >= 0.6 is 11.6 Å². The van der Waals surface area contributed by atoms with Crippen molar-refractivity contribution < 1.29 is 4.74 Å². The monoisotopic (exact) mass is 267 g/mol. The minimum atomic E-state index is 0.153. The number of hydrogen-bond donors (Lipinski definition) is 1. The van der Waals surface area contributed by atoms with Crippen molar-refractivity contribution in [2.24, 2.45) is 0 Å². The highest BCUT2D eigenvalue weighted by molar-refractivity contribution is 6.28. The second-order valence-corrected chi connectivity index (χ2v) is 4.17. The fourth-order valence-corrected chi connectivity index (χ4v) is 1.65. The predicted octanol–water partition coefficient (Wildman–Crippen LogP) is 1.75. The Bertz CT molecular complexity index is 575. The minimum Gasteiger partial charge on any atom is -0.383 e. The summed E-state index contributed by atoms with van der Waals surface area (Å²) in [5.74, 6) is 0.581. The molecule has 0 aliphatic rings. The molecule has 0 fully saturated rings. The van der Waals surface area contributed by atoms with Crippen molar-refractivity contribution in [3.05, 3.63) is 16.7 Å². The lowest BCUT2D eigenvalue weighted by Crippen LogP contribution is -2.11. The Kier molecular flexibility index (Phi) is 3.88. The van der Waals surface area contributed by atoms with Gasteiger partial charge in [-0.25, -0.2) is 9.97 Å². The molecule has 7 heteroatoms. The molecule has 0 aliphatic heterocycles. The summed E-state index contributed by atoms with van der Waals surface area (Å²) in [7, 11) is 1.64. The van der Waals surface area contributed by atoms with Crippen LogP contribution in [-0.2, 0) is 4.74 Å². The molecule has 0 saturated carbocycles. The number of halogens is 1. The summed E-state index contributed by atoms with van der Waals surface area (Å²) in [5, 5.41) is 3.27. The van der Waals surface area contributed by atoms with Crippen LogP contribution in [-0.4, -0.2) is 40.2 Å². The molecule has 0 aliphatic carbocycles. The maximum atomic E-state index is 5.87. The third kappa shape index (κ3) is 2.65. The van der Waals surface area contributed by atoms with E-state index in [0.717, 1.165) is 11.4 Å². The van der Waals surface area contributed by atoms with Gasteiger partial charge in [-0.15, -0.1) is 0 Å². The molecule has 0 atom stereocenters. The van der Waals surface area contributed by atoms with Gasteiger partial charge >= 0.3 is 0 Å². The van der Waals surface area contributed by atoms with Gasteiger partial charge in [0.1, 0.15) is 0 Å². The lowest BCUT2D eigenvalue weighted by atomic mass is 10.3. The zero-order valence-electron chi connectivity index (χ0n) is 10.5. The molecule has 0 radical (unpaired) electrons. The van der Waals surface area contributed by atoms with Crippen LogP contribution in [0, 0.1) is 13.8 Å². The van der Waals surface area contributed by atoms with Gasteiger partial charge in [0.2, 0.25) is 5.28 Å². The Morgan fingerprint density at radius 2 is 1.83 bits per heavy atom. The predicted molar refractivity (Wildman–Crippen MR) is 70.0 cm³/mol. The van der Waals surface area contributed by atoms with E-state index in [4.69, 9.17) is 16.3 Å². The molecule has 0 spiro atoms. The number of methoxy groups -OCH3 is 1. The fourth-order valence-electron chi connectivity index (χ4n) is 1.48. The first-order chi connectivity index (χ1) is 8.61. The molecule has 2 rings (SSSR count). The third-order valence-electron chi connectivity index (χ3n) is 2.51. The second kappa shape index (κ2) is 5.41. The van der Waals surface area contributed by atoms with Gasteiger partial charge in [0.05, 0.1) is 18.0 Å². The average molecular weight is 268 g/mol. The molecule has 1 N–H and O–H groups in total. The molecular formula is C11H14ClN5O. The first kappa shape index (κ1) is 12.9. The van der Waals surface area contributed by atoms with Crippen LogP contribution in [0.3, 0.4) is 0 Å². The molecule has 0 unspecified atom stereocenters. The Balaban J connectivity index is 2.47. The molecule has 96 valence electrons. The Labute approximate surface area is 110 Å². The van der Waals surface area contributed by atoms with Crippen LogP contribution in [0.25, 0.3) is 11.2 Å². The van der Waals surface area contributed by atoms with Crippen molar-refractivity contribution in [3.8, 4) is 0 Å². The number of nitrogens with one attached hydrogen (secondary N) is 1. The molecule has 2 aromatic rings. The molecule has 2 heterocycles. The topological polar surface area (TPSA) is 72.8 Å². The molecular weight excluding hydrogens is 254 g/mol. The van der Waals surface area contributed by atoms with Gasteiger partial charge in [-0.1, -0.05) is 0 Å². The van der Waals surface area contributed by atoms with Crippen LogP contribution in [0.1, 0.15) is 11.4 Å². The van der Waals surface area contributed by atoms with E-state index < -0.39 is 0 Å². The Hall–Kier alpha value is -1.53. The number of hydrogen-bond acceptors (Lipinski definition) is 6.